The van der Waals surface area contributed by atoms with Crippen LogP contribution in [-0.2, 0) is 0 Å². The van der Waals surface area contributed by atoms with Crippen LogP contribution in [-0.4, -0.2) is 20.9 Å². The normalized spacial score (nSPS) is 10.6. The van der Waals surface area contributed by atoms with Gasteiger partial charge in [0, 0.05) is 6.20 Å². The second-order valence-electron chi connectivity index (χ2n) is 2.14. The molecule has 2 rings (SSSR count). The van der Waals surface area contributed by atoms with Crippen LogP contribution in [0.4, 0.5) is 0 Å². The lowest BCUT2D eigenvalue weighted by Crippen LogP contribution is -1.86. The number of nitrogens with zero attached hydrogens (tertiary/aromatic N) is 3. The van der Waals surface area contributed by atoms with Gasteiger partial charge < -0.3 is 0 Å². The van der Waals surface area contributed by atoms with Crippen LogP contribution in [0.25, 0.3) is 5.52 Å². The second-order valence-corrected chi connectivity index (χ2v) is 2.96. The van der Waals surface area contributed by atoms with Crippen LogP contribution in [0.3, 0.4) is 0 Å². The molecule has 0 aromatic carbocycles. The summed E-state index contributed by atoms with van der Waals surface area (Å²) in [6, 6.07) is 3.97. The molecule has 0 aliphatic carbocycles. The minimum Gasteiger partial charge on any atom is -0.245 e. The highest BCUT2D eigenvalue weighted by molar-refractivity contribution is 7.98. The first kappa shape index (κ1) is 6.67. The minimum atomic E-state index is 1.03. The van der Waals surface area contributed by atoms with Gasteiger partial charge in [0.15, 0.2) is 0 Å². The lowest BCUT2D eigenvalue weighted by Gasteiger charge is -1.86. The fraction of sp³-hybridized carbons (Fsp3) is 0.143. The van der Waals surface area contributed by atoms with E-state index in [0.29, 0.717) is 0 Å². The van der Waals surface area contributed by atoms with Gasteiger partial charge in [0.1, 0.15) is 11.4 Å². The molecule has 0 amide bonds. The lowest BCUT2D eigenvalue weighted by atomic mass is 10.5. The Hall–Kier alpha value is -1.03. The predicted molar refractivity (Wildman–Crippen MR) is 44.8 cm³/mol. The maximum atomic E-state index is 4.25. The maximum Gasteiger partial charge on any atom is 0.119 e. The molecule has 0 saturated heterocycles. The van der Waals surface area contributed by atoms with E-state index in [0.717, 1.165) is 10.5 Å². The highest BCUT2D eigenvalue weighted by Gasteiger charge is 1.97. The van der Waals surface area contributed by atoms with Crippen LogP contribution in [0.2, 0.25) is 0 Å². The highest BCUT2D eigenvalue weighted by Crippen LogP contribution is 2.13. The van der Waals surface area contributed by atoms with Crippen molar-refractivity contribution in [1.29, 1.82) is 0 Å². The quantitative estimate of drug-likeness (QED) is 0.599. The molecule has 0 saturated carbocycles. The minimum absolute atomic E-state index is 1.03. The molecule has 0 bridgehead atoms. The van der Waals surface area contributed by atoms with Crippen LogP contribution in [0.1, 0.15) is 0 Å². The molecule has 0 atom stereocenters. The molecule has 0 unspecified atom stereocenters. The Morgan fingerprint density at radius 1 is 1.55 bits per heavy atom. The molecule has 0 spiro atoms. The van der Waals surface area contributed by atoms with E-state index in [4.69, 9.17) is 0 Å². The number of hydrogen-bond donors (Lipinski definition) is 0. The van der Waals surface area contributed by atoms with E-state index < -0.39 is 0 Å². The third-order valence-corrected chi connectivity index (χ3v) is 2.08. The Morgan fingerprint density at radius 2 is 2.45 bits per heavy atom. The van der Waals surface area contributed by atoms with Crippen LogP contribution in [0, 0.1) is 0 Å². The van der Waals surface area contributed by atoms with Crippen LogP contribution >= 0.6 is 11.8 Å². The summed E-state index contributed by atoms with van der Waals surface area (Å²) < 4.78 is 1.77. The number of thioether (sulfide) groups is 1. The Morgan fingerprint density at radius 3 is 3.18 bits per heavy atom. The third-order valence-electron chi connectivity index (χ3n) is 1.46. The van der Waals surface area contributed by atoms with E-state index in [2.05, 4.69) is 10.1 Å². The van der Waals surface area contributed by atoms with Crippen molar-refractivity contribution in [2.45, 2.75) is 5.03 Å². The first-order valence-corrected chi connectivity index (χ1v) is 4.46. The molecule has 0 fully saturated rings. The van der Waals surface area contributed by atoms with Crippen molar-refractivity contribution in [2.75, 3.05) is 6.26 Å². The predicted octanol–water partition coefficient (Wildman–Crippen LogP) is 1.45. The summed E-state index contributed by atoms with van der Waals surface area (Å²) in [5.41, 5.74) is 1.09. The first-order valence-electron chi connectivity index (χ1n) is 3.23. The zero-order valence-electron chi connectivity index (χ0n) is 6.06. The Balaban J connectivity index is 2.69. The molecular weight excluding hydrogens is 158 g/mol. The summed E-state index contributed by atoms with van der Waals surface area (Å²) in [5.74, 6) is 0. The van der Waals surface area contributed by atoms with Gasteiger partial charge in [0.2, 0.25) is 0 Å². The van der Waals surface area contributed by atoms with E-state index in [-0.39, 0.29) is 0 Å². The van der Waals surface area contributed by atoms with Gasteiger partial charge >= 0.3 is 0 Å². The molecule has 56 valence electrons. The van der Waals surface area contributed by atoms with Gasteiger partial charge in [0.05, 0.1) is 5.52 Å². The Labute approximate surface area is 68.4 Å². The summed E-state index contributed by atoms with van der Waals surface area (Å²) in [4.78, 5) is 3.95. The van der Waals surface area contributed by atoms with E-state index in [1.165, 1.54) is 0 Å². The van der Waals surface area contributed by atoms with Gasteiger partial charge in [-0.15, -0.1) is 11.8 Å². The molecule has 0 aliphatic rings. The summed E-state index contributed by atoms with van der Waals surface area (Å²) in [6.45, 7) is 0. The van der Waals surface area contributed by atoms with Gasteiger partial charge in [-0.3, -0.25) is 0 Å². The molecule has 0 aliphatic heterocycles. The number of hydrogen-bond acceptors (Lipinski definition) is 3. The van der Waals surface area contributed by atoms with Crippen LogP contribution in [0.15, 0.2) is 29.7 Å². The first-order chi connectivity index (χ1) is 5.40. The summed E-state index contributed by atoms with van der Waals surface area (Å²) in [7, 11) is 0. The van der Waals surface area contributed by atoms with Crippen LogP contribution < -0.4 is 0 Å². The van der Waals surface area contributed by atoms with Gasteiger partial charge in [-0.2, -0.15) is 5.10 Å². The molecule has 0 N–H and O–H groups in total. The van der Waals surface area contributed by atoms with Crippen molar-refractivity contribution in [2.24, 2.45) is 0 Å². The SMILES string of the molecule is CSc1cc2ccncn2n1. The van der Waals surface area contributed by atoms with Gasteiger partial charge in [-0.05, 0) is 18.4 Å². The molecule has 2 aromatic rings. The van der Waals surface area contributed by atoms with Crippen molar-refractivity contribution in [3.05, 3.63) is 24.7 Å². The fourth-order valence-corrected chi connectivity index (χ4v) is 1.33. The van der Waals surface area contributed by atoms with Gasteiger partial charge in [-0.1, -0.05) is 0 Å². The monoisotopic (exact) mass is 165 g/mol. The molecule has 11 heavy (non-hydrogen) atoms. The van der Waals surface area contributed by atoms with Crippen molar-refractivity contribution in [3.63, 3.8) is 0 Å². The molecular formula is C7H7N3S. The number of rotatable bonds is 1. The van der Waals surface area contributed by atoms with Crippen molar-refractivity contribution in [1.82, 2.24) is 14.6 Å². The topological polar surface area (TPSA) is 30.2 Å². The number of fused-ring (bicyclic) bond motifs is 1. The average molecular weight is 165 g/mol. The fourth-order valence-electron chi connectivity index (χ4n) is 0.923. The largest absolute Gasteiger partial charge is 0.245 e. The Kier molecular flexibility index (Phi) is 1.54. The zero-order valence-corrected chi connectivity index (χ0v) is 6.88. The molecule has 2 heterocycles. The maximum absolute atomic E-state index is 4.25. The van der Waals surface area contributed by atoms with Crippen molar-refractivity contribution >= 4 is 17.3 Å². The molecule has 0 radical (unpaired) electrons. The summed E-state index contributed by atoms with van der Waals surface area (Å²) in [6.07, 6.45) is 5.48. The lowest BCUT2D eigenvalue weighted by molar-refractivity contribution is 0.874. The van der Waals surface area contributed by atoms with Crippen LogP contribution in [0.5, 0.6) is 0 Å². The Bertz CT molecular complexity index is 335. The van der Waals surface area contributed by atoms with E-state index >= 15 is 0 Å². The highest BCUT2D eigenvalue weighted by atomic mass is 32.2. The van der Waals surface area contributed by atoms with Crippen molar-refractivity contribution in [3.8, 4) is 0 Å². The van der Waals surface area contributed by atoms with Gasteiger partial charge in [-0.25, -0.2) is 9.50 Å². The zero-order chi connectivity index (χ0) is 7.68. The standard InChI is InChI=1S/C7H7N3S/c1-11-7-4-6-2-3-8-5-10(6)9-7/h2-5H,1H3. The van der Waals surface area contributed by atoms with Gasteiger partial charge in [0.25, 0.3) is 0 Å². The smallest absolute Gasteiger partial charge is 0.119 e. The van der Waals surface area contributed by atoms with E-state index in [1.54, 1.807) is 28.8 Å². The summed E-state index contributed by atoms with van der Waals surface area (Å²) >= 11 is 1.63. The molecule has 3 nitrogen and oxygen atoms in total. The summed E-state index contributed by atoms with van der Waals surface area (Å²) in [5, 5.41) is 5.27. The second kappa shape index (κ2) is 2.54. The average Bonchev–Trinajstić information content (AvgIpc) is 2.46. The van der Waals surface area contributed by atoms with E-state index in [9.17, 15) is 0 Å². The number of aromatic nitrogens is 3. The molecule has 2 aromatic heterocycles. The van der Waals surface area contributed by atoms with Crippen molar-refractivity contribution < 1.29 is 0 Å². The third kappa shape index (κ3) is 1.09. The molecule has 4 heteroatoms. The van der Waals surface area contributed by atoms with E-state index in [1.807, 2.05) is 18.4 Å².